The molecule has 1 heterocycles. The van der Waals surface area contributed by atoms with E-state index in [4.69, 9.17) is 5.26 Å². The zero-order valence-corrected chi connectivity index (χ0v) is 8.94. The second kappa shape index (κ2) is 4.77. The van der Waals surface area contributed by atoms with Gasteiger partial charge >= 0.3 is 0 Å². The molecule has 4 heteroatoms. The lowest BCUT2D eigenvalue weighted by atomic mass is 10.3. The molecule has 0 bridgehead atoms. The molecule has 0 aromatic carbocycles. The number of nitriles is 1. The molecule has 1 aromatic rings. The molecular formula is C10H16N4. The summed E-state index contributed by atoms with van der Waals surface area (Å²) in [6, 6.07) is 4.52. The summed E-state index contributed by atoms with van der Waals surface area (Å²) < 4.78 is 1.78. The zero-order valence-electron chi connectivity index (χ0n) is 8.94. The molecule has 0 aliphatic rings. The molecule has 4 nitrogen and oxygen atoms in total. The fourth-order valence-electron chi connectivity index (χ4n) is 1.27. The summed E-state index contributed by atoms with van der Waals surface area (Å²) in [6.07, 6.45) is 1.92. The van der Waals surface area contributed by atoms with Gasteiger partial charge in [-0.15, -0.1) is 0 Å². The summed E-state index contributed by atoms with van der Waals surface area (Å²) in [6.45, 7) is 5.36. The highest BCUT2D eigenvalue weighted by Gasteiger charge is 2.10. The van der Waals surface area contributed by atoms with Crippen molar-refractivity contribution in [2.24, 2.45) is 7.05 Å². The molecule has 0 spiro atoms. The summed E-state index contributed by atoms with van der Waals surface area (Å²) in [5, 5.41) is 12.9. The van der Waals surface area contributed by atoms with Crippen LogP contribution in [-0.2, 0) is 13.6 Å². The van der Waals surface area contributed by atoms with Crippen molar-refractivity contribution in [3.8, 4) is 6.07 Å². The van der Waals surface area contributed by atoms with E-state index in [1.54, 1.807) is 4.68 Å². The summed E-state index contributed by atoms with van der Waals surface area (Å²) >= 11 is 0. The first kappa shape index (κ1) is 10.7. The quantitative estimate of drug-likeness (QED) is 0.672. The van der Waals surface area contributed by atoms with Gasteiger partial charge in [0.2, 0.25) is 0 Å². The summed E-state index contributed by atoms with van der Waals surface area (Å²) in [5.74, 6) is 0. The van der Waals surface area contributed by atoms with Crippen LogP contribution in [0, 0.1) is 11.3 Å². The zero-order chi connectivity index (χ0) is 10.6. The van der Waals surface area contributed by atoms with Crippen molar-refractivity contribution in [1.29, 1.82) is 5.26 Å². The number of rotatable bonds is 4. The van der Waals surface area contributed by atoms with Crippen LogP contribution in [-0.4, -0.2) is 27.3 Å². The van der Waals surface area contributed by atoms with Gasteiger partial charge in [0.15, 0.2) is 0 Å². The molecule has 0 aliphatic heterocycles. The number of aromatic nitrogens is 2. The van der Waals surface area contributed by atoms with E-state index in [-0.39, 0.29) is 0 Å². The topological polar surface area (TPSA) is 44.9 Å². The van der Waals surface area contributed by atoms with E-state index in [2.05, 4.69) is 29.9 Å². The number of hydrogen-bond acceptors (Lipinski definition) is 3. The maximum Gasteiger partial charge on any atom is 0.0871 e. The summed E-state index contributed by atoms with van der Waals surface area (Å²) in [7, 11) is 1.90. The first-order valence-electron chi connectivity index (χ1n) is 4.73. The fourth-order valence-corrected chi connectivity index (χ4v) is 1.27. The van der Waals surface area contributed by atoms with E-state index >= 15 is 0 Å². The van der Waals surface area contributed by atoms with Crippen LogP contribution < -0.4 is 0 Å². The standard InChI is InChI=1S/C10H16N4/c1-9(2)14(7-5-11)8-10-4-6-13(3)12-10/h4,6,9H,7-8H2,1-3H3. The Balaban J connectivity index is 2.60. The third kappa shape index (κ3) is 2.86. The molecule has 0 N–H and O–H groups in total. The lowest BCUT2D eigenvalue weighted by Gasteiger charge is -2.21. The Morgan fingerprint density at radius 1 is 1.64 bits per heavy atom. The van der Waals surface area contributed by atoms with Gasteiger partial charge in [0.25, 0.3) is 0 Å². The Labute approximate surface area is 84.7 Å². The Morgan fingerprint density at radius 2 is 2.36 bits per heavy atom. The highest BCUT2D eigenvalue weighted by atomic mass is 15.3. The first-order valence-corrected chi connectivity index (χ1v) is 4.73. The van der Waals surface area contributed by atoms with Gasteiger partial charge in [-0.05, 0) is 19.9 Å². The van der Waals surface area contributed by atoms with Crippen LogP contribution >= 0.6 is 0 Å². The number of hydrogen-bond donors (Lipinski definition) is 0. The van der Waals surface area contributed by atoms with Gasteiger partial charge in [-0.25, -0.2) is 0 Å². The molecule has 0 saturated carbocycles. The molecule has 0 saturated heterocycles. The highest BCUT2D eigenvalue weighted by molar-refractivity contribution is 4.99. The van der Waals surface area contributed by atoms with E-state index < -0.39 is 0 Å². The van der Waals surface area contributed by atoms with Crippen molar-refractivity contribution in [3.63, 3.8) is 0 Å². The predicted molar refractivity (Wildman–Crippen MR) is 54.4 cm³/mol. The Bertz CT molecular complexity index is 321. The Kier molecular flexibility index (Phi) is 3.66. The maximum atomic E-state index is 8.65. The first-order chi connectivity index (χ1) is 6.63. The average molecular weight is 192 g/mol. The third-order valence-electron chi connectivity index (χ3n) is 2.14. The molecule has 0 fully saturated rings. The highest BCUT2D eigenvalue weighted by Crippen LogP contribution is 2.04. The van der Waals surface area contributed by atoms with Crippen molar-refractivity contribution < 1.29 is 0 Å². The van der Waals surface area contributed by atoms with Crippen molar-refractivity contribution >= 4 is 0 Å². The minimum Gasteiger partial charge on any atom is -0.282 e. The lowest BCUT2D eigenvalue weighted by molar-refractivity contribution is 0.237. The van der Waals surface area contributed by atoms with E-state index in [0.717, 1.165) is 12.2 Å². The molecule has 14 heavy (non-hydrogen) atoms. The molecule has 0 radical (unpaired) electrons. The minimum atomic E-state index is 0.372. The van der Waals surface area contributed by atoms with Crippen molar-refractivity contribution in [3.05, 3.63) is 18.0 Å². The van der Waals surface area contributed by atoms with Crippen molar-refractivity contribution in [2.45, 2.75) is 26.4 Å². The van der Waals surface area contributed by atoms with Crippen LogP contribution in [0.3, 0.4) is 0 Å². The summed E-state index contributed by atoms with van der Waals surface area (Å²) in [4.78, 5) is 2.09. The van der Waals surface area contributed by atoms with Gasteiger partial charge in [0.1, 0.15) is 0 Å². The van der Waals surface area contributed by atoms with Crippen LogP contribution in [0.25, 0.3) is 0 Å². The second-order valence-corrected chi connectivity index (χ2v) is 3.64. The van der Waals surface area contributed by atoms with Crippen LogP contribution in [0.5, 0.6) is 0 Å². The van der Waals surface area contributed by atoms with Gasteiger partial charge in [0, 0.05) is 25.8 Å². The Hall–Kier alpha value is -1.34. The molecule has 76 valence electrons. The van der Waals surface area contributed by atoms with Crippen molar-refractivity contribution in [2.75, 3.05) is 6.54 Å². The smallest absolute Gasteiger partial charge is 0.0871 e. The fraction of sp³-hybridized carbons (Fsp3) is 0.600. The van der Waals surface area contributed by atoms with Crippen molar-refractivity contribution in [1.82, 2.24) is 14.7 Å². The van der Waals surface area contributed by atoms with Crippen LogP contribution in [0.4, 0.5) is 0 Å². The van der Waals surface area contributed by atoms with Gasteiger partial charge in [-0.1, -0.05) is 0 Å². The Morgan fingerprint density at radius 3 is 2.79 bits per heavy atom. The molecular weight excluding hydrogens is 176 g/mol. The van der Waals surface area contributed by atoms with E-state index in [0.29, 0.717) is 12.6 Å². The molecule has 0 amide bonds. The van der Waals surface area contributed by atoms with E-state index in [9.17, 15) is 0 Å². The van der Waals surface area contributed by atoms with E-state index in [1.165, 1.54) is 0 Å². The van der Waals surface area contributed by atoms with Crippen LogP contribution in [0.15, 0.2) is 12.3 Å². The number of nitrogens with zero attached hydrogens (tertiary/aromatic N) is 4. The summed E-state index contributed by atoms with van der Waals surface area (Å²) in [5.41, 5.74) is 1.01. The molecule has 0 aliphatic carbocycles. The van der Waals surface area contributed by atoms with Crippen LogP contribution in [0.1, 0.15) is 19.5 Å². The van der Waals surface area contributed by atoms with Gasteiger partial charge in [0.05, 0.1) is 18.3 Å². The SMILES string of the molecule is CC(C)N(CC#N)Cc1ccn(C)n1. The molecule has 1 rings (SSSR count). The van der Waals surface area contributed by atoms with Gasteiger partial charge in [-0.2, -0.15) is 10.4 Å². The largest absolute Gasteiger partial charge is 0.282 e. The molecule has 1 aromatic heterocycles. The van der Waals surface area contributed by atoms with Crippen LogP contribution in [0.2, 0.25) is 0 Å². The normalized spacial score (nSPS) is 10.9. The predicted octanol–water partition coefficient (Wildman–Crippen LogP) is 1.15. The third-order valence-corrected chi connectivity index (χ3v) is 2.14. The lowest BCUT2D eigenvalue weighted by Crippen LogP contribution is -2.30. The van der Waals surface area contributed by atoms with Gasteiger partial charge < -0.3 is 0 Å². The average Bonchev–Trinajstić information content (AvgIpc) is 2.50. The maximum absolute atomic E-state index is 8.65. The number of aryl methyl sites for hydroxylation is 1. The second-order valence-electron chi connectivity index (χ2n) is 3.64. The minimum absolute atomic E-state index is 0.372. The molecule has 0 unspecified atom stereocenters. The van der Waals surface area contributed by atoms with Gasteiger partial charge in [-0.3, -0.25) is 9.58 Å². The monoisotopic (exact) mass is 192 g/mol. The van der Waals surface area contributed by atoms with E-state index in [1.807, 2.05) is 19.3 Å². The molecule has 0 atom stereocenters.